The number of nitrogens with two attached hydrogens (primary N) is 1. The lowest BCUT2D eigenvalue weighted by atomic mass is 10.1. The van der Waals surface area contributed by atoms with Gasteiger partial charge in [0, 0.05) is 12.1 Å². The first kappa shape index (κ1) is 15.2. The van der Waals surface area contributed by atoms with E-state index < -0.39 is 5.97 Å². The zero-order chi connectivity index (χ0) is 14.1. The summed E-state index contributed by atoms with van der Waals surface area (Å²) in [7, 11) is 0. The van der Waals surface area contributed by atoms with E-state index in [-0.39, 0.29) is 12.3 Å². The zero-order valence-corrected chi connectivity index (χ0v) is 10.9. The fourth-order valence-electron chi connectivity index (χ4n) is 1.71. The number of unbranched alkanes of at least 4 members (excludes halogenated alkanes) is 2. The quantitative estimate of drug-likeness (QED) is 0.624. The fraction of sp³-hybridized carbons (Fsp3) is 0.429. The summed E-state index contributed by atoms with van der Waals surface area (Å²) < 4.78 is 0. The number of rotatable bonds is 8. The van der Waals surface area contributed by atoms with Crippen molar-refractivity contribution >= 4 is 17.6 Å². The minimum Gasteiger partial charge on any atom is -0.481 e. The summed E-state index contributed by atoms with van der Waals surface area (Å²) in [6.07, 6.45) is 3.21. The number of anilines is 1. The predicted molar refractivity (Wildman–Crippen MR) is 73.9 cm³/mol. The Balaban J connectivity index is 2.36. The van der Waals surface area contributed by atoms with Crippen molar-refractivity contribution in [1.82, 2.24) is 0 Å². The number of hydrogen-bond acceptors (Lipinski definition) is 3. The minimum atomic E-state index is -0.864. The number of nitrogens with one attached hydrogen (secondary N) is 1. The monoisotopic (exact) mass is 264 g/mol. The number of aliphatic carboxylic acids is 1. The van der Waals surface area contributed by atoms with Gasteiger partial charge < -0.3 is 16.2 Å². The van der Waals surface area contributed by atoms with Gasteiger partial charge in [-0.2, -0.15) is 0 Å². The van der Waals surface area contributed by atoms with Gasteiger partial charge in [0.15, 0.2) is 0 Å². The maximum absolute atomic E-state index is 11.6. The fourth-order valence-corrected chi connectivity index (χ4v) is 1.71. The lowest BCUT2D eigenvalue weighted by Crippen LogP contribution is -2.11. The Labute approximate surface area is 112 Å². The minimum absolute atomic E-state index is 0.00663. The van der Waals surface area contributed by atoms with E-state index in [0.29, 0.717) is 24.2 Å². The number of benzene rings is 1. The molecule has 0 heterocycles. The van der Waals surface area contributed by atoms with Crippen molar-refractivity contribution in [2.24, 2.45) is 5.73 Å². The molecule has 0 aliphatic heterocycles. The summed E-state index contributed by atoms with van der Waals surface area (Å²) >= 11 is 0. The molecule has 0 saturated heterocycles. The van der Waals surface area contributed by atoms with Gasteiger partial charge in [0.05, 0.1) is 6.42 Å². The molecule has 5 heteroatoms. The van der Waals surface area contributed by atoms with E-state index in [2.05, 4.69) is 5.32 Å². The molecule has 0 saturated carbocycles. The molecule has 1 aromatic rings. The van der Waals surface area contributed by atoms with Gasteiger partial charge in [0.25, 0.3) is 0 Å². The maximum atomic E-state index is 11.6. The lowest BCUT2D eigenvalue weighted by Gasteiger charge is -2.06. The SMILES string of the molecule is NCCCCCC(=O)Nc1ccc(CC(=O)O)cc1. The molecule has 1 aromatic carbocycles. The molecular formula is C14H20N2O3. The molecule has 0 atom stereocenters. The van der Waals surface area contributed by atoms with E-state index in [4.69, 9.17) is 10.8 Å². The zero-order valence-electron chi connectivity index (χ0n) is 10.9. The Morgan fingerprint density at radius 2 is 1.79 bits per heavy atom. The van der Waals surface area contributed by atoms with Crippen LogP contribution in [0, 0.1) is 0 Å². The van der Waals surface area contributed by atoms with Crippen LogP contribution in [0.2, 0.25) is 0 Å². The van der Waals surface area contributed by atoms with Crippen molar-refractivity contribution in [1.29, 1.82) is 0 Å². The molecule has 5 nitrogen and oxygen atoms in total. The van der Waals surface area contributed by atoms with Crippen LogP contribution in [0.5, 0.6) is 0 Å². The van der Waals surface area contributed by atoms with Crippen molar-refractivity contribution in [3.05, 3.63) is 29.8 Å². The standard InChI is InChI=1S/C14H20N2O3/c15-9-3-1-2-4-13(17)16-12-7-5-11(6-8-12)10-14(18)19/h5-8H,1-4,9-10,15H2,(H,16,17)(H,18,19). The summed E-state index contributed by atoms with van der Waals surface area (Å²) in [5, 5.41) is 11.4. The number of carboxylic acids is 1. The molecule has 0 fully saturated rings. The number of amides is 1. The molecule has 0 aromatic heterocycles. The average Bonchev–Trinajstić information content (AvgIpc) is 2.36. The van der Waals surface area contributed by atoms with E-state index in [0.717, 1.165) is 19.3 Å². The van der Waals surface area contributed by atoms with Crippen LogP contribution in [-0.2, 0) is 16.0 Å². The number of carbonyl (C=O) groups excluding carboxylic acids is 1. The average molecular weight is 264 g/mol. The van der Waals surface area contributed by atoms with E-state index >= 15 is 0 Å². The van der Waals surface area contributed by atoms with Crippen LogP contribution in [0.4, 0.5) is 5.69 Å². The first-order valence-corrected chi connectivity index (χ1v) is 6.42. The molecule has 0 radical (unpaired) electrons. The van der Waals surface area contributed by atoms with Crippen molar-refractivity contribution in [3.8, 4) is 0 Å². The summed E-state index contributed by atoms with van der Waals surface area (Å²) in [6, 6.07) is 6.85. The molecule has 4 N–H and O–H groups in total. The Kier molecular flexibility index (Phi) is 6.60. The first-order valence-electron chi connectivity index (χ1n) is 6.42. The normalized spacial score (nSPS) is 10.2. The third-order valence-corrected chi connectivity index (χ3v) is 2.70. The Bertz CT molecular complexity index is 415. The maximum Gasteiger partial charge on any atom is 0.307 e. The Hall–Kier alpha value is -1.88. The van der Waals surface area contributed by atoms with Gasteiger partial charge >= 0.3 is 5.97 Å². The van der Waals surface area contributed by atoms with Gasteiger partial charge in [0.2, 0.25) is 5.91 Å². The second-order valence-electron chi connectivity index (χ2n) is 4.41. The van der Waals surface area contributed by atoms with Crippen molar-refractivity contribution in [2.75, 3.05) is 11.9 Å². The third kappa shape index (κ3) is 6.57. The van der Waals surface area contributed by atoms with E-state index in [1.165, 1.54) is 0 Å². The molecule has 0 bridgehead atoms. The van der Waals surface area contributed by atoms with Crippen molar-refractivity contribution in [2.45, 2.75) is 32.1 Å². The highest BCUT2D eigenvalue weighted by molar-refractivity contribution is 5.90. The highest BCUT2D eigenvalue weighted by atomic mass is 16.4. The number of hydrogen-bond donors (Lipinski definition) is 3. The molecule has 0 aliphatic carbocycles. The smallest absolute Gasteiger partial charge is 0.307 e. The molecule has 0 aliphatic rings. The number of carboxylic acid groups (broad SMARTS) is 1. The summed E-state index contributed by atoms with van der Waals surface area (Å²) in [5.74, 6) is -0.889. The van der Waals surface area contributed by atoms with Gasteiger partial charge in [-0.3, -0.25) is 9.59 Å². The van der Waals surface area contributed by atoms with E-state index in [1.807, 2.05) is 0 Å². The Morgan fingerprint density at radius 1 is 1.11 bits per heavy atom. The summed E-state index contributed by atoms with van der Waals surface area (Å²) in [4.78, 5) is 22.1. The molecule has 0 unspecified atom stereocenters. The van der Waals surface area contributed by atoms with Crippen molar-refractivity contribution < 1.29 is 14.7 Å². The first-order chi connectivity index (χ1) is 9.11. The van der Waals surface area contributed by atoms with Gasteiger partial charge in [-0.1, -0.05) is 18.6 Å². The van der Waals surface area contributed by atoms with Gasteiger partial charge in [0.1, 0.15) is 0 Å². The summed E-state index contributed by atoms with van der Waals surface area (Å²) in [6.45, 7) is 0.659. The molecule has 1 rings (SSSR count). The highest BCUT2D eigenvalue weighted by Crippen LogP contribution is 2.11. The van der Waals surface area contributed by atoms with Crippen molar-refractivity contribution in [3.63, 3.8) is 0 Å². The molecule has 19 heavy (non-hydrogen) atoms. The lowest BCUT2D eigenvalue weighted by molar-refractivity contribution is -0.136. The topological polar surface area (TPSA) is 92.4 Å². The van der Waals surface area contributed by atoms with Gasteiger partial charge in [-0.15, -0.1) is 0 Å². The molecule has 104 valence electrons. The second-order valence-corrected chi connectivity index (χ2v) is 4.41. The van der Waals surface area contributed by atoms with Crippen LogP contribution in [0.3, 0.4) is 0 Å². The third-order valence-electron chi connectivity index (χ3n) is 2.70. The van der Waals surface area contributed by atoms with Crippen LogP contribution in [0.1, 0.15) is 31.2 Å². The van der Waals surface area contributed by atoms with E-state index in [1.54, 1.807) is 24.3 Å². The van der Waals surface area contributed by atoms with Crippen LogP contribution >= 0.6 is 0 Å². The predicted octanol–water partition coefficient (Wildman–Crippen LogP) is 1.77. The molecule has 1 amide bonds. The second kappa shape index (κ2) is 8.26. The molecule has 0 spiro atoms. The van der Waals surface area contributed by atoms with Crippen LogP contribution in [0.15, 0.2) is 24.3 Å². The van der Waals surface area contributed by atoms with Crippen LogP contribution < -0.4 is 11.1 Å². The Morgan fingerprint density at radius 3 is 2.37 bits per heavy atom. The molecular weight excluding hydrogens is 244 g/mol. The van der Waals surface area contributed by atoms with E-state index in [9.17, 15) is 9.59 Å². The van der Waals surface area contributed by atoms with Crippen LogP contribution in [-0.4, -0.2) is 23.5 Å². The highest BCUT2D eigenvalue weighted by Gasteiger charge is 2.03. The summed E-state index contributed by atoms with van der Waals surface area (Å²) in [5.41, 5.74) is 6.78. The van der Waals surface area contributed by atoms with Crippen LogP contribution in [0.25, 0.3) is 0 Å². The number of carbonyl (C=O) groups is 2. The van der Waals surface area contributed by atoms with Gasteiger partial charge in [-0.05, 0) is 37.1 Å². The largest absolute Gasteiger partial charge is 0.481 e. The van der Waals surface area contributed by atoms with Gasteiger partial charge in [-0.25, -0.2) is 0 Å².